The van der Waals surface area contributed by atoms with E-state index in [0.717, 1.165) is 11.2 Å². The first kappa shape index (κ1) is 28.2. The van der Waals surface area contributed by atoms with E-state index in [1.54, 1.807) is 0 Å². The minimum atomic E-state index is 0.935. The van der Waals surface area contributed by atoms with Crippen molar-refractivity contribution in [1.29, 1.82) is 0 Å². The maximum absolute atomic E-state index is 6.38. The summed E-state index contributed by atoms with van der Waals surface area (Å²) in [4.78, 5) is 0. The molecule has 0 radical (unpaired) electrons. The van der Waals surface area contributed by atoms with Gasteiger partial charge in [0.05, 0.1) is 0 Å². The molecular formula is C50H30O. The van der Waals surface area contributed by atoms with Crippen LogP contribution in [0.25, 0.3) is 110 Å². The lowest BCUT2D eigenvalue weighted by Gasteiger charge is -2.20. The molecule has 0 aliphatic heterocycles. The lowest BCUT2D eigenvalue weighted by molar-refractivity contribution is 0.669. The van der Waals surface area contributed by atoms with Crippen molar-refractivity contribution in [1.82, 2.24) is 0 Å². The molecule has 0 aliphatic rings. The van der Waals surface area contributed by atoms with E-state index in [1.807, 2.05) is 0 Å². The average molecular weight is 647 g/mol. The van der Waals surface area contributed by atoms with Crippen molar-refractivity contribution in [3.05, 3.63) is 182 Å². The molecule has 1 nitrogen and oxygen atoms in total. The molecule has 0 bridgehead atoms. The number of hydrogen-bond acceptors (Lipinski definition) is 1. The second-order valence-electron chi connectivity index (χ2n) is 13.6. The maximum Gasteiger partial charge on any atom is 0.136 e. The quantitative estimate of drug-likeness (QED) is 0.137. The summed E-state index contributed by atoms with van der Waals surface area (Å²) in [6, 6.07) is 66.5. The summed E-state index contributed by atoms with van der Waals surface area (Å²) < 4.78 is 6.38. The van der Waals surface area contributed by atoms with Crippen LogP contribution < -0.4 is 0 Å². The van der Waals surface area contributed by atoms with Crippen molar-refractivity contribution in [3.63, 3.8) is 0 Å². The van der Waals surface area contributed by atoms with E-state index < -0.39 is 0 Å². The van der Waals surface area contributed by atoms with Gasteiger partial charge in [-0.2, -0.15) is 0 Å². The first-order chi connectivity index (χ1) is 25.3. The van der Waals surface area contributed by atoms with Gasteiger partial charge in [-0.25, -0.2) is 0 Å². The monoisotopic (exact) mass is 646 g/mol. The summed E-state index contributed by atoms with van der Waals surface area (Å²) in [6.07, 6.45) is 0. The smallest absolute Gasteiger partial charge is 0.136 e. The molecule has 1 heteroatoms. The van der Waals surface area contributed by atoms with E-state index >= 15 is 0 Å². The molecule has 0 spiro atoms. The van der Waals surface area contributed by atoms with E-state index in [0.29, 0.717) is 0 Å². The standard InChI is InChI=1S/C50H30O/c1-2-11-31(12-3-1)36-28-37(35-22-21-32-13-4-5-14-34(32)27-35)30-38(29-36)47-39-16-6-8-18-41(39)49(42-19-9-7-17-40(42)47)43-25-26-46-50-44(43)24-23-33-15-10-20-45(51-46)48(33)50/h1-30H. The summed E-state index contributed by atoms with van der Waals surface area (Å²) in [5.74, 6) is 0. The molecule has 1 aromatic heterocycles. The van der Waals surface area contributed by atoms with Gasteiger partial charge in [-0.15, -0.1) is 0 Å². The van der Waals surface area contributed by atoms with Crippen LogP contribution >= 0.6 is 0 Å². The highest BCUT2D eigenvalue weighted by molar-refractivity contribution is 6.28. The van der Waals surface area contributed by atoms with Gasteiger partial charge in [0.25, 0.3) is 0 Å². The molecule has 0 amide bonds. The SMILES string of the molecule is c1ccc(-c2cc(-c3ccc4ccccc4c3)cc(-c3c4ccccc4c(-c4ccc5oc6cccc7ccc4c5c76)c4ccccc34)c2)cc1. The molecule has 236 valence electrons. The van der Waals surface area contributed by atoms with E-state index in [4.69, 9.17) is 4.42 Å². The van der Waals surface area contributed by atoms with Gasteiger partial charge >= 0.3 is 0 Å². The highest BCUT2D eigenvalue weighted by atomic mass is 16.3. The third-order valence-corrected chi connectivity index (χ3v) is 10.8. The fourth-order valence-corrected chi connectivity index (χ4v) is 8.50. The summed E-state index contributed by atoms with van der Waals surface area (Å²) in [6.45, 7) is 0. The van der Waals surface area contributed by atoms with Crippen molar-refractivity contribution in [2.75, 3.05) is 0 Å². The Morgan fingerprint density at radius 1 is 0.275 bits per heavy atom. The minimum Gasteiger partial charge on any atom is -0.456 e. The van der Waals surface area contributed by atoms with Crippen LogP contribution in [0.15, 0.2) is 186 Å². The van der Waals surface area contributed by atoms with E-state index in [-0.39, 0.29) is 0 Å². The second kappa shape index (κ2) is 10.9. The van der Waals surface area contributed by atoms with E-state index in [1.165, 1.54) is 98.4 Å². The Morgan fingerprint density at radius 3 is 1.63 bits per heavy atom. The van der Waals surface area contributed by atoms with Crippen molar-refractivity contribution in [2.24, 2.45) is 0 Å². The molecule has 51 heavy (non-hydrogen) atoms. The van der Waals surface area contributed by atoms with Gasteiger partial charge in [0, 0.05) is 10.8 Å². The molecule has 0 unspecified atom stereocenters. The van der Waals surface area contributed by atoms with Gasteiger partial charge in [0.15, 0.2) is 0 Å². The summed E-state index contributed by atoms with van der Waals surface area (Å²) >= 11 is 0. The maximum atomic E-state index is 6.38. The van der Waals surface area contributed by atoms with Gasteiger partial charge in [-0.05, 0) is 130 Å². The molecule has 0 N–H and O–H groups in total. The van der Waals surface area contributed by atoms with E-state index in [9.17, 15) is 0 Å². The van der Waals surface area contributed by atoms with Gasteiger partial charge in [-0.3, -0.25) is 0 Å². The minimum absolute atomic E-state index is 0.935. The summed E-state index contributed by atoms with van der Waals surface area (Å²) in [5, 5.41) is 12.3. The predicted octanol–water partition coefficient (Wildman–Crippen LogP) is 14.3. The molecule has 11 rings (SSSR count). The molecule has 10 aromatic carbocycles. The number of benzene rings is 10. The third-order valence-electron chi connectivity index (χ3n) is 10.8. The Bertz CT molecular complexity index is 3070. The first-order valence-electron chi connectivity index (χ1n) is 17.6. The van der Waals surface area contributed by atoms with Crippen molar-refractivity contribution in [3.8, 4) is 44.5 Å². The highest BCUT2D eigenvalue weighted by Gasteiger charge is 2.21. The Labute approximate surface area is 295 Å². The van der Waals surface area contributed by atoms with Crippen molar-refractivity contribution < 1.29 is 4.42 Å². The van der Waals surface area contributed by atoms with Crippen LogP contribution in [0.3, 0.4) is 0 Å². The molecular weight excluding hydrogens is 617 g/mol. The van der Waals surface area contributed by atoms with Gasteiger partial charge in [0.1, 0.15) is 11.2 Å². The Kier molecular flexibility index (Phi) is 6.02. The number of rotatable bonds is 4. The van der Waals surface area contributed by atoms with Crippen LogP contribution in [0.4, 0.5) is 0 Å². The van der Waals surface area contributed by atoms with Gasteiger partial charge < -0.3 is 4.42 Å². The van der Waals surface area contributed by atoms with Crippen LogP contribution in [-0.2, 0) is 0 Å². The van der Waals surface area contributed by atoms with Gasteiger partial charge in [-0.1, -0.05) is 140 Å². The molecule has 0 saturated heterocycles. The zero-order valence-corrected chi connectivity index (χ0v) is 27.7. The van der Waals surface area contributed by atoms with Gasteiger partial charge in [0.2, 0.25) is 0 Å². The van der Waals surface area contributed by atoms with Crippen LogP contribution in [0.2, 0.25) is 0 Å². The van der Waals surface area contributed by atoms with Crippen LogP contribution in [0, 0.1) is 0 Å². The van der Waals surface area contributed by atoms with Crippen LogP contribution in [0.5, 0.6) is 0 Å². The Balaban J connectivity index is 1.22. The molecule has 0 saturated carbocycles. The predicted molar refractivity (Wildman–Crippen MR) is 217 cm³/mol. The summed E-state index contributed by atoms with van der Waals surface area (Å²) in [5.41, 5.74) is 11.7. The van der Waals surface area contributed by atoms with Crippen molar-refractivity contribution in [2.45, 2.75) is 0 Å². The molecule has 0 fully saturated rings. The first-order valence-corrected chi connectivity index (χ1v) is 17.6. The number of furan rings is 1. The molecule has 0 aliphatic carbocycles. The van der Waals surface area contributed by atoms with E-state index in [2.05, 4.69) is 182 Å². The number of hydrogen-bond donors (Lipinski definition) is 0. The summed E-state index contributed by atoms with van der Waals surface area (Å²) in [7, 11) is 0. The topological polar surface area (TPSA) is 13.1 Å². The molecule has 1 heterocycles. The Morgan fingerprint density at radius 2 is 0.863 bits per heavy atom. The number of fused-ring (bicyclic) bond motifs is 3. The highest BCUT2D eigenvalue weighted by Crippen LogP contribution is 2.48. The van der Waals surface area contributed by atoms with Crippen LogP contribution in [0.1, 0.15) is 0 Å². The molecule has 0 atom stereocenters. The lowest BCUT2D eigenvalue weighted by Crippen LogP contribution is -1.93. The fourth-order valence-electron chi connectivity index (χ4n) is 8.50. The Hall–Kier alpha value is -6.70. The zero-order chi connectivity index (χ0) is 33.5. The van der Waals surface area contributed by atoms with Crippen LogP contribution in [-0.4, -0.2) is 0 Å². The third kappa shape index (κ3) is 4.28. The van der Waals surface area contributed by atoms with Crippen molar-refractivity contribution >= 4 is 65.0 Å². The lowest BCUT2D eigenvalue weighted by atomic mass is 9.83. The zero-order valence-electron chi connectivity index (χ0n) is 27.7. The normalized spacial score (nSPS) is 11.9. The fraction of sp³-hybridized carbons (Fsp3) is 0. The molecule has 11 aromatic rings. The average Bonchev–Trinajstić information content (AvgIpc) is 3.59. The second-order valence-corrected chi connectivity index (χ2v) is 13.6. The largest absolute Gasteiger partial charge is 0.456 e.